The number of thiazole rings is 1. The van der Waals surface area contributed by atoms with E-state index in [1.807, 2.05) is 58.3 Å². The van der Waals surface area contributed by atoms with Gasteiger partial charge in [0.15, 0.2) is 4.96 Å². The van der Waals surface area contributed by atoms with Crippen LogP contribution in [0.15, 0.2) is 66.2 Å². The number of carbonyl (C=O) groups excluding carboxylic acids is 2. The molecule has 0 saturated carbocycles. The molecular formula is C22H18N4O3S. The molecule has 8 heteroatoms. The van der Waals surface area contributed by atoms with E-state index < -0.39 is 11.9 Å². The SMILES string of the molecule is CN1C(=O)[C@@H](NC(=O)c2cn3c(-c4ccccc4)csc3n2)COc2ccccc21. The number of anilines is 1. The maximum atomic E-state index is 12.9. The molecule has 2 aromatic heterocycles. The van der Waals surface area contributed by atoms with Crippen molar-refractivity contribution >= 4 is 33.8 Å². The molecule has 1 atom stereocenters. The molecule has 5 rings (SSSR count). The Bertz CT molecular complexity index is 1250. The van der Waals surface area contributed by atoms with E-state index in [9.17, 15) is 9.59 Å². The molecule has 0 fully saturated rings. The summed E-state index contributed by atoms with van der Waals surface area (Å²) >= 11 is 1.46. The quantitative estimate of drug-likeness (QED) is 0.554. The van der Waals surface area contributed by atoms with Crippen molar-refractivity contribution in [2.75, 3.05) is 18.6 Å². The molecule has 2 aromatic carbocycles. The number of nitrogens with one attached hydrogen (secondary N) is 1. The number of ether oxygens (including phenoxy) is 1. The van der Waals surface area contributed by atoms with Crippen molar-refractivity contribution in [1.82, 2.24) is 14.7 Å². The minimum Gasteiger partial charge on any atom is -0.489 e. The lowest BCUT2D eigenvalue weighted by atomic mass is 10.2. The lowest BCUT2D eigenvalue weighted by molar-refractivity contribution is -0.120. The van der Waals surface area contributed by atoms with Crippen LogP contribution in [0.4, 0.5) is 5.69 Å². The summed E-state index contributed by atoms with van der Waals surface area (Å²) < 4.78 is 7.65. The predicted octanol–water partition coefficient (Wildman–Crippen LogP) is 3.22. The molecular weight excluding hydrogens is 400 g/mol. The van der Waals surface area contributed by atoms with Gasteiger partial charge in [-0.2, -0.15) is 0 Å². The van der Waals surface area contributed by atoms with Crippen LogP contribution in [0.25, 0.3) is 16.2 Å². The van der Waals surface area contributed by atoms with E-state index in [0.29, 0.717) is 16.4 Å². The number of amides is 2. The van der Waals surface area contributed by atoms with Crippen LogP contribution in [-0.4, -0.2) is 40.9 Å². The van der Waals surface area contributed by atoms with Crippen LogP contribution >= 0.6 is 11.3 Å². The van der Waals surface area contributed by atoms with E-state index in [1.54, 1.807) is 19.3 Å². The van der Waals surface area contributed by atoms with E-state index in [2.05, 4.69) is 10.3 Å². The van der Waals surface area contributed by atoms with Crippen LogP contribution < -0.4 is 15.0 Å². The number of nitrogens with zero attached hydrogens (tertiary/aromatic N) is 3. The molecule has 0 radical (unpaired) electrons. The highest BCUT2D eigenvalue weighted by molar-refractivity contribution is 7.15. The van der Waals surface area contributed by atoms with Crippen molar-refractivity contribution in [3.63, 3.8) is 0 Å². The van der Waals surface area contributed by atoms with E-state index in [4.69, 9.17) is 4.74 Å². The summed E-state index contributed by atoms with van der Waals surface area (Å²) in [5.74, 6) is -0.0365. The third-order valence-electron chi connectivity index (χ3n) is 5.08. The van der Waals surface area contributed by atoms with Gasteiger partial charge in [-0.25, -0.2) is 4.98 Å². The Morgan fingerprint density at radius 2 is 1.93 bits per heavy atom. The standard InChI is InChI=1S/C22H18N4O3S/c1-25-17-9-5-6-10-19(17)29-12-16(21(25)28)23-20(27)15-11-26-18(13-30-22(26)24-15)14-7-3-2-4-8-14/h2-11,13,16H,12H2,1H3,(H,23,27)/t16-/m0/s1. The van der Waals surface area contributed by atoms with Crippen LogP contribution in [0, 0.1) is 0 Å². The van der Waals surface area contributed by atoms with Gasteiger partial charge in [-0.15, -0.1) is 11.3 Å². The number of para-hydroxylation sites is 2. The zero-order chi connectivity index (χ0) is 20.7. The summed E-state index contributed by atoms with van der Waals surface area (Å²) in [6.45, 7) is 0.0589. The third kappa shape index (κ3) is 3.11. The first-order valence-corrected chi connectivity index (χ1v) is 10.3. The molecule has 1 aliphatic rings. The number of hydrogen-bond acceptors (Lipinski definition) is 5. The molecule has 0 spiro atoms. The van der Waals surface area contributed by atoms with Crippen molar-refractivity contribution in [3.8, 4) is 17.0 Å². The van der Waals surface area contributed by atoms with Gasteiger partial charge < -0.3 is 15.0 Å². The van der Waals surface area contributed by atoms with Crippen molar-refractivity contribution in [2.45, 2.75) is 6.04 Å². The molecule has 1 N–H and O–H groups in total. The average molecular weight is 418 g/mol. The summed E-state index contributed by atoms with van der Waals surface area (Å²) in [5.41, 5.74) is 2.94. The highest BCUT2D eigenvalue weighted by Gasteiger charge is 2.31. The van der Waals surface area contributed by atoms with Crippen LogP contribution in [-0.2, 0) is 4.79 Å². The van der Waals surface area contributed by atoms with Gasteiger partial charge in [0.2, 0.25) is 0 Å². The molecule has 30 heavy (non-hydrogen) atoms. The smallest absolute Gasteiger partial charge is 0.272 e. The van der Waals surface area contributed by atoms with Gasteiger partial charge in [-0.05, 0) is 17.7 Å². The fourth-order valence-electron chi connectivity index (χ4n) is 3.50. The highest BCUT2D eigenvalue weighted by atomic mass is 32.1. The second-order valence-corrected chi connectivity index (χ2v) is 7.80. The molecule has 7 nitrogen and oxygen atoms in total. The van der Waals surface area contributed by atoms with Crippen molar-refractivity contribution in [3.05, 3.63) is 71.9 Å². The number of rotatable bonds is 3. The summed E-state index contributed by atoms with van der Waals surface area (Å²) in [6, 6.07) is 16.4. The first-order chi connectivity index (χ1) is 14.6. The van der Waals surface area contributed by atoms with Crippen LogP contribution in [0.5, 0.6) is 5.75 Å². The number of fused-ring (bicyclic) bond motifs is 2. The Hall–Kier alpha value is -3.65. The van der Waals surface area contributed by atoms with Gasteiger partial charge in [-0.1, -0.05) is 42.5 Å². The van der Waals surface area contributed by atoms with Gasteiger partial charge in [0.05, 0.1) is 11.4 Å². The summed E-state index contributed by atoms with van der Waals surface area (Å²) in [4.78, 5) is 32.4. The summed E-state index contributed by atoms with van der Waals surface area (Å²) in [6.07, 6.45) is 1.70. The molecule has 3 heterocycles. The third-order valence-corrected chi connectivity index (χ3v) is 5.92. The zero-order valence-corrected chi connectivity index (χ0v) is 16.9. The maximum Gasteiger partial charge on any atom is 0.272 e. The molecule has 0 aliphatic carbocycles. The summed E-state index contributed by atoms with van der Waals surface area (Å²) in [5, 5.41) is 4.78. The fourth-order valence-corrected chi connectivity index (χ4v) is 4.38. The molecule has 150 valence electrons. The number of imidazole rings is 1. The van der Waals surface area contributed by atoms with E-state index in [-0.39, 0.29) is 18.2 Å². The van der Waals surface area contributed by atoms with Crippen LogP contribution in [0.3, 0.4) is 0 Å². The number of likely N-dealkylation sites (N-methyl/N-ethyl adjacent to an activating group) is 1. The lowest BCUT2D eigenvalue weighted by Gasteiger charge is -2.20. The Morgan fingerprint density at radius 1 is 1.17 bits per heavy atom. The Kier molecular flexibility index (Phi) is 4.48. The Labute approximate surface area is 176 Å². The number of hydrogen-bond donors (Lipinski definition) is 1. The lowest BCUT2D eigenvalue weighted by Crippen LogP contribution is -2.49. The van der Waals surface area contributed by atoms with Crippen LogP contribution in [0.1, 0.15) is 10.5 Å². The Morgan fingerprint density at radius 3 is 2.77 bits per heavy atom. The summed E-state index contributed by atoms with van der Waals surface area (Å²) in [7, 11) is 1.67. The topological polar surface area (TPSA) is 75.9 Å². The number of benzene rings is 2. The first-order valence-electron chi connectivity index (χ1n) is 9.44. The van der Waals surface area contributed by atoms with Gasteiger partial charge >= 0.3 is 0 Å². The van der Waals surface area contributed by atoms with Crippen LogP contribution in [0.2, 0.25) is 0 Å². The van der Waals surface area contributed by atoms with Crippen molar-refractivity contribution in [1.29, 1.82) is 0 Å². The minimum atomic E-state index is -0.803. The maximum absolute atomic E-state index is 12.9. The average Bonchev–Trinajstić information content (AvgIpc) is 3.34. The largest absolute Gasteiger partial charge is 0.489 e. The van der Waals surface area contributed by atoms with Crippen molar-refractivity contribution in [2.24, 2.45) is 0 Å². The highest BCUT2D eigenvalue weighted by Crippen LogP contribution is 2.30. The molecule has 0 saturated heterocycles. The second kappa shape index (κ2) is 7.31. The molecule has 4 aromatic rings. The molecule has 0 bridgehead atoms. The number of carbonyl (C=O) groups is 2. The molecule has 0 unspecified atom stereocenters. The minimum absolute atomic E-state index is 0.0589. The van der Waals surface area contributed by atoms with Crippen molar-refractivity contribution < 1.29 is 14.3 Å². The van der Waals surface area contributed by atoms with Gasteiger partial charge in [0.25, 0.3) is 11.8 Å². The van der Waals surface area contributed by atoms with E-state index >= 15 is 0 Å². The van der Waals surface area contributed by atoms with Gasteiger partial charge in [0.1, 0.15) is 24.1 Å². The monoisotopic (exact) mass is 418 g/mol. The first kappa shape index (κ1) is 18.4. The molecule has 1 aliphatic heterocycles. The Balaban J connectivity index is 1.39. The van der Waals surface area contributed by atoms with E-state index in [1.165, 1.54) is 16.2 Å². The second-order valence-electron chi connectivity index (χ2n) is 6.97. The number of aromatic nitrogens is 2. The van der Waals surface area contributed by atoms with Gasteiger partial charge in [0, 0.05) is 18.6 Å². The fraction of sp³-hybridized carbons (Fsp3) is 0.136. The normalized spacial score (nSPS) is 16.1. The predicted molar refractivity (Wildman–Crippen MR) is 115 cm³/mol. The van der Waals surface area contributed by atoms with E-state index in [0.717, 1.165) is 11.3 Å². The molecule has 2 amide bonds. The zero-order valence-electron chi connectivity index (χ0n) is 16.1. The van der Waals surface area contributed by atoms with Gasteiger partial charge in [-0.3, -0.25) is 14.0 Å².